The number of carbonyl (C=O) groups is 1. The molecule has 158 valence electrons. The highest BCUT2D eigenvalue weighted by Gasteiger charge is 2.37. The number of pyridine rings is 1. The fraction of sp³-hybridized carbons (Fsp3) is 0.478. The number of hydrogen-bond acceptors (Lipinski definition) is 5. The van der Waals surface area contributed by atoms with Crippen molar-refractivity contribution < 1.29 is 14.6 Å². The molecule has 0 bridgehead atoms. The molecular formula is C23H28N4O3. The van der Waals surface area contributed by atoms with Crippen molar-refractivity contribution >= 4 is 28.4 Å². The Labute approximate surface area is 175 Å². The minimum atomic E-state index is -0.461. The van der Waals surface area contributed by atoms with E-state index in [2.05, 4.69) is 9.30 Å². The second kappa shape index (κ2) is 7.25. The van der Waals surface area contributed by atoms with Gasteiger partial charge >= 0.3 is 0 Å². The van der Waals surface area contributed by atoms with Crippen molar-refractivity contribution in [1.82, 2.24) is 9.38 Å². The lowest BCUT2D eigenvalue weighted by Gasteiger charge is -2.42. The lowest BCUT2D eigenvalue weighted by molar-refractivity contribution is -0.0888. The maximum atomic E-state index is 12.4. The van der Waals surface area contributed by atoms with Crippen LogP contribution in [0.2, 0.25) is 0 Å². The molecule has 1 amide bonds. The second-order valence-corrected chi connectivity index (χ2v) is 8.39. The number of imidazole rings is 1. The van der Waals surface area contributed by atoms with Crippen molar-refractivity contribution in [1.29, 1.82) is 0 Å². The van der Waals surface area contributed by atoms with E-state index in [9.17, 15) is 9.90 Å². The molecule has 2 aliphatic rings. The third-order valence-corrected chi connectivity index (χ3v) is 6.75. The highest BCUT2D eigenvalue weighted by Crippen LogP contribution is 2.40. The van der Waals surface area contributed by atoms with Crippen LogP contribution >= 0.6 is 0 Å². The zero-order chi connectivity index (χ0) is 20.9. The summed E-state index contributed by atoms with van der Waals surface area (Å²) in [7, 11) is 0. The van der Waals surface area contributed by atoms with Gasteiger partial charge in [-0.2, -0.15) is 0 Å². The molecule has 1 saturated heterocycles. The zero-order valence-electron chi connectivity index (χ0n) is 17.4. The minimum absolute atomic E-state index is 0.0385. The van der Waals surface area contributed by atoms with Crippen molar-refractivity contribution in [3.05, 3.63) is 41.0 Å². The van der Waals surface area contributed by atoms with Gasteiger partial charge in [-0.3, -0.25) is 9.20 Å². The fourth-order valence-corrected chi connectivity index (χ4v) is 5.32. The topological polar surface area (TPSA) is 93.1 Å². The van der Waals surface area contributed by atoms with Crippen molar-refractivity contribution in [2.75, 3.05) is 31.2 Å². The van der Waals surface area contributed by atoms with Crippen molar-refractivity contribution in [3.63, 3.8) is 0 Å². The van der Waals surface area contributed by atoms with E-state index >= 15 is 0 Å². The van der Waals surface area contributed by atoms with Crippen LogP contribution in [0.4, 0.5) is 5.82 Å². The van der Waals surface area contributed by atoms with Gasteiger partial charge in [0, 0.05) is 19.7 Å². The molecule has 0 unspecified atom stereocenters. The van der Waals surface area contributed by atoms with E-state index in [1.807, 2.05) is 31.2 Å². The number of anilines is 1. The number of aromatic nitrogens is 2. The van der Waals surface area contributed by atoms with Gasteiger partial charge in [-0.05, 0) is 62.3 Å². The first-order valence-corrected chi connectivity index (χ1v) is 10.8. The molecule has 5 rings (SSSR count). The Morgan fingerprint density at radius 3 is 2.67 bits per heavy atom. The predicted molar refractivity (Wildman–Crippen MR) is 116 cm³/mol. The summed E-state index contributed by atoms with van der Waals surface area (Å²) in [4.78, 5) is 19.6. The first kappa shape index (κ1) is 19.3. The number of benzene rings is 1. The Morgan fingerprint density at radius 2 is 1.97 bits per heavy atom. The quantitative estimate of drug-likeness (QED) is 0.676. The number of nitrogens with zero attached hydrogens (tertiary/aromatic N) is 3. The lowest BCUT2D eigenvalue weighted by atomic mass is 9.91. The Kier molecular flexibility index (Phi) is 4.67. The summed E-state index contributed by atoms with van der Waals surface area (Å²) in [5.41, 5.74) is 10.7. The van der Waals surface area contributed by atoms with Gasteiger partial charge in [0.2, 0.25) is 0 Å². The number of primary amides is 1. The van der Waals surface area contributed by atoms with Crippen LogP contribution in [-0.2, 0) is 17.6 Å². The van der Waals surface area contributed by atoms with Gasteiger partial charge in [-0.25, -0.2) is 4.98 Å². The lowest BCUT2D eigenvalue weighted by Crippen LogP contribution is -2.49. The summed E-state index contributed by atoms with van der Waals surface area (Å²) in [6.07, 6.45) is 4.32. The van der Waals surface area contributed by atoms with Crippen LogP contribution in [0.25, 0.3) is 16.7 Å². The Morgan fingerprint density at radius 1 is 1.23 bits per heavy atom. The van der Waals surface area contributed by atoms with Crippen LogP contribution in [0, 0.1) is 0 Å². The van der Waals surface area contributed by atoms with Crippen molar-refractivity contribution in [3.8, 4) is 0 Å². The molecule has 0 spiro atoms. The molecule has 1 aliphatic carbocycles. The fourth-order valence-electron chi connectivity index (χ4n) is 5.32. The molecule has 1 aromatic carbocycles. The maximum Gasteiger partial charge on any atom is 0.252 e. The number of carbonyl (C=O) groups excluding carboxylic acids is 1. The minimum Gasteiger partial charge on any atom is -0.393 e. The Hall–Kier alpha value is -2.64. The van der Waals surface area contributed by atoms with E-state index in [-0.39, 0.29) is 6.61 Å². The van der Waals surface area contributed by atoms with Crippen LogP contribution in [0.5, 0.6) is 0 Å². The number of nitrogens with two attached hydrogens (primary N) is 1. The van der Waals surface area contributed by atoms with Crippen LogP contribution < -0.4 is 10.6 Å². The standard InChI is InChI=1S/C23H28N4O3/c1-2-30-23(14-28)10-12-26(13-11-23)22-16-7-5-6-15(16)19(20(24)29)21-25-17-8-3-4-9-18(17)27(21)22/h3-4,8-9,28H,2,5-7,10-14H2,1H3,(H2,24,29). The van der Waals surface area contributed by atoms with Crippen LogP contribution in [0.3, 0.4) is 0 Å². The third-order valence-electron chi connectivity index (χ3n) is 6.75. The molecular weight excluding hydrogens is 380 g/mol. The van der Waals surface area contributed by atoms with Crippen LogP contribution in [0.15, 0.2) is 24.3 Å². The molecule has 0 saturated carbocycles. The summed E-state index contributed by atoms with van der Waals surface area (Å²) in [6, 6.07) is 7.99. The number of piperidine rings is 1. The van der Waals surface area contributed by atoms with Gasteiger partial charge in [-0.1, -0.05) is 12.1 Å². The molecule has 0 radical (unpaired) electrons. The number of fused-ring (bicyclic) bond motifs is 4. The largest absolute Gasteiger partial charge is 0.393 e. The molecule has 1 aliphatic heterocycles. The van der Waals surface area contributed by atoms with E-state index < -0.39 is 11.5 Å². The number of amides is 1. The number of hydrogen-bond donors (Lipinski definition) is 2. The third kappa shape index (κ3) is 2.80. The molecule has 0 atom stereocenters. The average molecular weight is 409 g/mol. The molecule has 30 heavy (non-hydrogen) atoms. The zero-order valence-corrected chi connectivity index (χ0v) is 17.4. The number of rotatable bonds is 5. The molecule has 3 N–H and O–H groups in total. The molecule has 3 heterocycles. The summed E-state index contributed by atoms with van der Waals surface area (Å²) >= 11 is 0. The second-order valence-electron chi connectivity index (χ2n) is 8.39. The van der Waals surface area contributed by atoms with E-state index in [1.54, 1.807) is 0 Å². The first-order chi connectivity index (χ1) is 14.6. The van der Waals surface area contributed by atoms with Gasteiger partial charge in [0.25, 0.3) is 5.91 Å². The maximum absolute atomic E-state index is 12.4. The smallest absolute Gasteiger partial charge is 0.252 e. The summed E-state index contributed by atoms with van der Waals surface area (Å²) in [5.74, 6) is 0.716. The number of para-hydroxylation sites is 2. The summed E-state index contributed by atoms with van der Waals surface area (Å²) in [5, 5.41) is 9.95. The van der Waals surface area contributed by atoms with Gasteiger partial charge in [0.15, 0.2) is 5.65 Å². The number of aliphatic hydroxyl groups is 1. The SMILES string of the molecule is CCOC1(CO)CCN(c2c3c(c(C(N)=O)c4nc5ccccc5n24)CCC3)CC1. The molecule has 1 fully saturated rings. The Bertz CT molecular complexity index is 1130. The molecule has 7 heteroatoms. The van der Waals surface area contributed by atoms with Gasteiger partial charge in [0.05, 0.1) is 28.8 Å². The normalized spacial score (nSPS) is 18.3. The summed E-state index contributed by atoms with van der Waals surface area (Å²) in [6.45, 7) is 4.17. The van der Waals surface area contributed by atoms with Crippen molar-refractivity contribution in [2.45, 2.75) is 44.6 Å². The highest BCUT2D eigenvalue weighted by atomic mass is 16.5. The summed E-state index contributed by atoms with van der Waals surface area (Å²) < 4.78 is 8.06. The van der Waals surface area contributed by atoms with Gasteiger partial charge in [0.1, 0.15) is 5.82 Å². The van der Waals surface area contributed by atoms with Gasteiger partial charge < -0.3 is 20.5 Å². The van der Waals surface area contributed by atoms with Crippen LogP contribution in [0.1, 0.15) is 47.7 Å². The van der Waals surface area contributed by atoms with Crippen molar-refractivity contribution in [2.24, 2.45) is 5.73 Å². The molecule has 3 aromatic rings. The monoisotopic (exact) mass is 408 g/mol. The molecule has 7 nitrogen and oxygen atoms in total. The average Bonchev–Trinajstić information content (AvgIpc) is 3.37. The number of aliphatic hydroxyl groups excluding tert-OH is 1. The highest BCUT2D eigenvalue weighted by molar-refractivity contribution is 6.03. The molecule has 2 aromatic heterocycles. The van der Waals surface area contributed by atoms with E-state index in [0.717, 1.165) is 67.6 Å². The number of ether oxygens (including phenoxy) is 1. The van der Waals surface area contributed by atoms with E-state index in [1.165, 1.54) is 5.56 Å². The predicted octanol–water partition coefficient (Wildman–Crippen LogP) is 2.44. The van der Waals surface area contributed by atoms with Gasteiger partial charge in [-0.15, -0.1) is 0 Å². The van der Waals surface area contributed by atoms with E-state index in [4.69, 9.17) is 15.5 Å². The van der Waals surface area contributed by atoms with Crippen LogP contribution in [-0.4, -0.2) is 52.3 Å². The Balaban J connectivity index is 1.71. The van der Waals surface area contributed by atoms with E-state index in [0.29, 0.717) is 17.8 Å². The first-order valence-electron chi connectivity index (χ1n) is 10.8.